The number of carbonyl (C=O) groups is 1. The first-order chi connectivity index (χ1) is 6.16. The molecule has 0 spiro atoms. The Bertz CT molecular complexity index is 336. The number of hydrogen-bond acceptors (Lipinski definition) is 4. The van der Waals surface area contributed by atoms with E-state index < -0.39 is 0 Å². The minimum Gasteiger partial charge on any atom is -0.300 e. The molecule has 70 valence electrons. The molecule has 1 aromatic rings. The maximum atomic E-state index is 11.4. The minimum atomic E-state index is 0.0867. The number of nitrogens with one attached hydrogen (secondary N) is 1. The number of nitrogens with zero attached hydrogens (tertiary/aromatic N) is 2. The highest BCUT2D eigenvalue weighted by molar-refractivity contribution is 7.15. The van der Waals surface area contributed by atoms with Crippen LogP contribution in [0, 0.1) is 18.8 Å². The summed E-state index contributed by atoms with van der Waals surface area (Å²) >= 11 is 1.41. The van der Waals surface area contributed by atoms with Crippen LogP contribution in [0.25, 0.3) is 0 Å². The van der Waals surface area contributed by atoms with Crippen molar-refractivity contribution in [2.45, 2.75) is 20.3 Å². The van der Waals surface area contributed by atoms with Crippen molar-refractivity contribution < 1.29 is 4.79 Å². The third-order valence-corrected chi connectivity index (χ3v) is 2.96. The number of rotatable bonds is 2. The van der Waals surface area contributed by atoms with Gasteiger partial charge in [0.1, 0.15) is 5.01 Å². The summed E-state index contributed by atoms with van der Waals surface area (Å²) in [7, 11) is 0. The van der Waals surface area contributed by atoms with Crippen molar-refractivity contribution in [1.29, 1.82) is 0 Å². The molecule has 1 heterocycles. The molecule has 0 bridgehead atoms. The van der Waals surface area contributed by atoms with Crippen LogP contribution in [0.3, 0.4) is 0 Å². The Morgan fingerprint density at radius 2 is 2.31 bits per heavy atom. The lowest BCUT2D eigenvalue weighted by Crippen LogP contribution is -2.14. The van der Waals surface area contributed by atoms with Gasteiger partial charge in [0.15, 0.2) is 0 Å². The SMILES string of the molecule is Cc1nnc(NC(=O)[C@@H]2C[C@H]2C)s1. The fourth-order valence-electron chi connectivity index (χ4n) is 1.23. The fourth-order valence-corrected chi connectivity index (χ4v) is 1.83. The molecule has 0 aromatic carbocycles. The summed E-state index contributed by atoms with van der Waals surface area (Å²) in [5.74, 6) is 0.821. The van der Waals surface area contributed by atoms with Gasteiger partial charge in [-0.2, -0.15) is 0 Å². The van der Waals surface area contributed by atoms with Crippen LogP contribution in [0.4, 0.5) is 5.13 Å². The van der Waals surface area contributed by atoms with Crippen LogP contribution >= 0.6 is 11.3 Å². The summed E-state index contributed by atoms with van der Waals surface area (Å²) in [5, 5.41) is 11.9. The maximum Gasteiger partial charge on any atom is 0.229 e. The third kappa shape index (κ3) is 1.85. The molecule has 1 aliphatic rings. The van der Waals surface area contributed by atoms with E-state index in [1.807, 2.05) is 6.92 Å². The van der Waals surface area contributed by atoms with Crippen LogP contribution in [0.1, 0.15) is 18.4 Å². The molecule has 1 N–H and O–H groups in total. The summed E-state index contributed by atoms with van der Waals surface area (Å²) < 4.78 is 0. The molecular formula is C8H11N3OS. The van der Waals surface area contributed by atoms with Gasteiger partial charge in [0, 0.05) is 5.92 Å². The average Bonchev–Trinajstić information content (AvgIpc) is 2.66. The van der Waals surface area contributed by atoms with E-state index in [1.165, 1.54) is 11.3 Å². The van der Waals surface area contributed by atoms with Crippen molar-refractivity contribution in [2.24, 2.45) is 11.8 Å². The largest absolute Gasteiger partial charge is 0.300 e. The molecule has 13 heavy (non-hydrogen) atoms. The minimum absolute atomic E-state index is 0.0867. The normalized spacial score (nSPS) is 25.7. The van der Waals surface area contributed by atoms with Gasteiger partial charge in [-0.05, 0) is 19.3 Å². The van der Waals surface area contributed by atoms with Gasteiger partial charge in [-0.1, -0.05) is 18.3 Å². The molecule has 5 heteroatoms. The van der Waals surface area contributed by atoms with Gasteiger partial charge in [-0.25, -0.2) is 0 Å². The van der Waals surface area contributed by atoms with Crippen LogP contribution in [0.5, 0.6) is 0 Å². The number of aromatic nitrogens is 2. The smallest absolute Gasteiger partial charge is 0.229 e. The Balaban J connectivity index is 1.95. The summed E-state index contributed by atoms with van der Waals surface area (Å²) in [6.45, 7) is 3.95. The van der Waals surface area contributed by atoms with E-state index in [9.17, 15) is 4.79 Å². The van der Waals surface area contributed by atoms with Gasteiger partial charge in [-0.15, -0.1) is 10.2 Å². The molecule has 4 nitrogen and oxygen atoms in total. The van der Waals surface area contributed by atoms with Crippen LogP contribution in [-0.2, 0) is 4.79 Å². The Hall–Kier alpha value is -0.970. The van der Waals surface area contributed by atoms with Gasteiger partial charge >= 0.3 is 0 Å². The van der Waals surface area contributed by atoms with E-state index in [0.29, 0.717) is 11.0 Å². The molecule has 2 atom stereocenters. The van der Waals surface area contributed by atoms with E-state index in [-0.39, 0.29) is 11.8 Å². The lowest BCUT2D eigenvalue weighted by molar-refractivity contribution is -0.117. The van der Waals surface area contributed by atoms with E-state index in [4.69, 9.17) is 0 Å². The second kappa shape index (κ2) is 3.06. The maximum absolute atomic E-state index is 11.4. The number of hydrogen-bond donors (Lipinski definition) is 1. The molecule has 1 fully saturated rings. The highest BCUT2D eigenvalue weighted by Crippen LogP contribution is 2.38. The second-order valence-corrected chi connectivity index (χ2v) is 4.62. The second-order valence-electron chi connectivity index (χ2n) is 3.43. The molecular weight excluding hydrogens is 186 g/mol. The van der Waals surface area contributed by atoms with Gasteiger partial charge in [0.05, 0.1) is 0 Å². The van der Waals surface area contributed by atoms with Crippen molar-refractivity contribution in [3.05, 3.63) is 5.01 Å². The first kappa shape index (κ1) is 8.62. The van der Waals surface area contributed by atoms with Crippen LogP contribution < -0.4 is 5.32 Å². The molecule has 2 rings (SSSR count). The highest BCUT2D eigenvalue weighted by atomic mass is 32.1. The summed E-state index contributed by atoms with van der Waals surface area (Å²) in [6.07, 6.45) is 1.00. The van der Waals surface area contributed by atoms with Crippen LogP contribution in [0.15, 0.2) is 0 Å². The van der Waals surface area contributed by atoms with Crippen molar-refractivity contribution in [3.63, 3.8) is 0 Å². The van der Waals surface area contributed by atoms with Gasteiger partial charge < -0.3 is 5.32 Å². The van der Waals surface area contributed by atoms with E-state index in [1.54, 1.807) is 0 Å². The van der Waals surface area contributed by atoms with E-state index in [0.717, 1.165) is 11.4 Å². The molecule has 1 aliphatic carbocycles. The predicted molar refractivity (Wildman–Crippen MR) is 50.5 cm³/mol. The van der Waals surface area contributed by atoms with Crippen LogP contribution in [0.2, 0.25) is 0 Å². The molecule has 1 aromatic heterocycles. The van der Waals surface area contributed by atoms with Crippen molar-refractivity contribution in [3.8, 4) is 0 Å². The Kier molecular flexibility index (Phi) is 2.03. The van der Waals surface area contributed by atoms with Gasteiger partial charge in [-0.3, -0.25) is 4.79 Å². The molecule has 1 amide bonds. The monoisotopic (exact) mass is 197 g/mol. The summed E-state index contributed by atoms with van der Waals surface area (Å²) in [4.78, 5) is 11.4. The first-order valence-electron chi connectivity index (χ1n) is 4.28. The molecule has 1 saturated carbocycles. The number of amides is 1. The van der Waals surface area contributed by atoms with Gasteiger partial charge in [0.2, 0.25) is 11.0 Å². The standard InChI is InChI=1S/C8H11N3OS/c1-4-3-6(4)7(12)9-8-11-10-5(2)13-8/h4,6H,3H2,1-2H3,(H,9,11,12)/t4-,6-/m1/s1. The first-order valence-corrected chi connectivity index (χ1v) is 5.09. The highest BCUT2D eigenvalue weighted by Gasteiger charge is 2.39. The molecule has 0 radical (unpaired) electrons. The van der Waals surface area contributed by atoms with Crippen LogP contribution in [-0.4, -0.2) is 16.1 Å². The van der Waals surface area contributed by atoms with Crippen molar-refractivity contribution in [2.75, 3.05) is 5.32 Å². The number of aryl methyl sites for hydroxylation is 1. The lowest BCUT2D eigenvalue weighted by Gasteiger charge is -1.96. The van der Waals surface area contributed by atoms with E-state index in [2.05, 4.69) is 22.4 Å². The van der Waals surface area contributed by atoms with E-state index >= 15 is 0 Å². The summed E-state index contributed by atoms with van der Waals surface area (Å²) in [6, 6.07) is 0. The molecule has 0 unspecified atom stereocenters. The third-order valence-electron chi connectivity index (χ3n) is 2.20. The zero-order chi connectivity index (χ0) is 9.42. The quantitative estimate of drug-likeness (QED) is 0.780. The molecule has 0 saturated heterocycles. The predicted octanol–water partition coefficient (Wildman–Crippen LogP) is 1.44. The molecule has 0 aliphatic heterocycles. The fraction of sp³-hybridized carbons (Fsp3) is 0.625. The number of carbonyl (C=O) groups excluding carboxylic acids is 1. The Morgan fingerprint density at radius 1 is 1.62 bits per heavy atom. The van der Waals surface area contributed by atoms with Gasteiger partial charge in [0.25, 0.3) is 0 Å². The lowest BCUT2D eigenvalue weighted by atomic mass is 10.3. The van der Waals surface area contributed by atoms with Crippen molar-refractivity contribution >= 4 is 22.4 Å². The zero-order valence-electron chi connectivity index (χ0n) is 7.57. The number of anilines is 1. The summed E-state index contributed by atoms with van der Waals surface area (Å²) in [5.41, 5.74) is 0. The average molecular weight is 197 g/mol. The Morgan fingerprint density at radius 3 is 2.77 bits per heavy atom. The Labute approximate surface area is 80.4 Å². The topological polar surface area (TPSA) is 54.9 Å². The van der Waals surface area contributed by atoms with Crippen molar-refractivity contribution in [1.82, 2.24) is 10.2 Å². The zero-order valence-corrected chi connectivity index (χ0v) is 8.39.